The van der Waals surface area contributed by atoms with Gasteiger partial charge in [0.05, 0.1) is 11.9 Å². The largest absolute Gasteiger partial charge is 0.399 e. The van der Waals surface area contributed by atoms with Crippen LogP contribution in [0.5, 0.6) is 0 Å². The lowest BCUT2D eigenvalue weighted by molar-refractivity contribution is 0.594. The average Bonchev–Trinajstić information content (AvgIpc) is 2.74. The van der Waals surface area contributed by atoms with E-state index in [9.17, 15) is 16.8 Å². The molecule has 0 amide bonds. The molecule has 8 nitrogen and oxygen atoms in total. The van der Waals surface area contributed by atoms with Gasteiger partial charge in [0.2, 0.25) is 10.0 Å². The molecule has 114 valence electrons. The molecule has 0 spiro atoms. The molecule has 0 fully saturated rings. The number of nitrogens with zero attached hydrogens (tertiary/aromatic N) is 2. The van der Waals surface area contributed by atoms with Gasteiger partial charge in [0, 0.05) is 18.0 Å². The van der Waals surface area contributed by atoms with Crippen molar-refractivity contribution in [3.8, 4) is 5.69 Å². The van der Waals surface area contributed by atoms with Crippen LogP contribution >= 0.6 is 0 Å². The summed E-state index contributed by atoms with van der Waals surface area (Å²) in [6.45, 7) is 0. The lowest BCUT2D eigenvalue weighted by Crippen LogP contribution is -2.23. The smallest absolute Gasteiger partial charge is 0.248 e. The maximum Gasteiger partial charge on any atom is 0.248 e. The Hall–Kier alpha value is -2.07. The van der Waals surface area contributed by atoms with Gasteiger partial charge in [-0.25, -0.2) is 21.5 Å². The Bertz CT molecular complexity index is 839. The maximum atomic E-state index is 11.8. The summed E-state index contributed by atoms with van der Waals surface area (Å²) in [5.41, 5.74) is 6.73. The van der Waals surface area contributed by atoms with Gasteiger partial charge in [-0.3, -0.25) is 4.72 Å². The summed E-state index contributed by atoms with van der Waals surface area (Å²) in [6, 6.07) is 8.04. The topological polar surface area (TPSA) is 124 Å². The molecule has 1 heterocycles. The molecule has 0 atom stereocenters. The molecule has 3 N–H and O–H groups in total. The van der Waals surface area contributed by atoms with Gasteiger partial charge in [-0.15, -0.1) is 0 Å². The first-order chi connectivity index (χ1) is 9.66. The van der Waals surface area contributed by atoms with Crippen LogP contribution in [0.25, 0.3) is 5.69 Å². The summed E-state index contributed by atoms with van der Waals surface area (Å²) in [4.78, 5) is 0. The molecule has 1 aromatic carbocycles. The molecule has 0 aliphatic rings. The van der Waals surface area contributed by atoms with E-state index in [0.29, 0.717) is 11.4 Å². The number of hydrogen-bond acceptors (Lipinski definition) is 6. The normalized spacial score (nSPS) is 12.2. The SMILES string of the molecule is CS(=O)(=O)CS(=O)(=O)Nc1ccnn1-c1ccc(N)cc1. The second kappa shape index (κ2) is 5.37. The highest BCUT2D eigenvalue weighted by molar-refractivity contribution is 8.08. The van der Waals surface area contributed by atoms with Crippen molar-refractivity contribution in [1.82, 2.24) is 9.78 Å². The quantitative estimate of drug-likeness (QED) is 0.755. The van der Waals surface area contributed by atoms with Crippen molar-refractivity contribution < 1.29 is 16.8 Å². The van der Waals surface area contributed by atoms with Crippen molar-refractivity contribution in [3.63, 3.8) is 0 Å². The summed E-state index contributed by atoms with van der Waals surface area (Å²) in [5, 5.41) is 3.00. The fraction of sp³-hybridized carbons (Fsp3) is 0.182. The highest BCUT2D eigenvalue weighted by atomic mass is 32.3. The van der Waals surface area contributed by atoms with Gasteiger partial charge in [-0.2, -0.15) is 5.10 Å². The van der Waals surface area contributed by atoms with E-state index in [1.807, 2.05) is 0 Å². The van der Waals surface area contributed by atoms with E-state index in [2.05, 4.69) is 9.82 Å². The number of sulfone groups is 1. The minimum atomic E-state index is -4.02. The van der Waals surface area contributed by atoms with Crippen molar-refractivity contribution >= 4 is 31.4 Å². The molecule has 10 heteroatoms. The van der Waals surface area contributed by atoms with Crippen LogP contribution in [0.15, 0.2) is 36.5 Å². The third-order valence-corrected chi connectivity index (χ3v) is 5.88. The molecule has 2 aromatic rings. The van der Waals surface area contributed by atoms with Gasteiger partial charge in [-0.05, 0) is 24.3 Å². The fourth-order valence-corrected chi connectivity index (χ4v) is 4.64. The van der Waals surface area contributed by atoms with E-state index >= 15 is 0 Å². The van der Waals surface area contributed by atoms with E-state index < -0.39 is 24.9 Å². The average molecular weight is 330 g/mol. The van der Waals surface area contributed by atoms with Gasteiger partial charge >= 0.3 is 0 Å². The van der Waals surface area contributed by atoms with Crippen LogP contribution in [0, 0.1) is 0 Å². The molecule has 0 unspecified atom stereocenters. The predicted molar refractivity (Wildman–Crippen MR) is 80.2 cm³/mol. The molecule has 0 aliphatic heterocycles. The number of nitrogens with two attached hydrogens (primary N) is 1. The molecule has 0 radical (unpaired) electrons. The van der Waals surface area contributed by atoms with Gasteiger partial charge < -0.3 is 5.73 Å². The minimum Gasteiger partial charge on any atom is -0.399 e. The number of rotatable bonds is 5. The predicted octanol–water partition coefficient (Wildman–Crippen LogP) is 0.198. The van der Waals surface area contributed by atoms with Crippen LogP contribution in [-0.2, 0) is 19.9 Å². The number of anilines is 2. The summed E-state index contributed by atoms with van der Waals surface area (Å²) in [5.74, 6) is 0.142. The zero-order chi connectivity index (χ0) is 15.7. The van der Waals surface area contributed by atoms with Crippen molar-refractivity contribution in [2.75, 3.05) is 21.8 Å². The third kappa shape index (κ3) is 4.20. The molecule has 21 heavy (non-hydrogen) atoms. The molecular weight excluding hydrogens is 316 g/mol. The van der Waals surface area contributed by atoms with Gasteiger partial charge in [0.15, 0.2) is 14.9 Å². The van der Waals surface area contributed by atoms with Crippen LogP contribution in [0.2, 0.25) is 0 Å². The highest BCUT2D eigenvalue weighted by Gasteiger charge is 2.20. The van der Waals surface area contributed by atoms with Crippen LogP contribution in [-0.4, -0.2) is 38.0 Å². The lowest BCUT2D eigenvalue weighted by atomic mass is 10.3. The fourth-order valence-electron chi connectivity index (χ4n) is 1.67. The second-order valence-electron chi connectivity index (χ2n) is 4.48. The van der Waals surface area contributed by atoms with Crippen molar-refractivity contribution in [2.24, 2.45) is 0 Å². The van der Waals surface area contributed by atoms with E-state index in [1.54, 1.807) is 24.3 Å². The Morgan fingerprint density at radius 2 is 1.76 bits per heavy atom. The van der Waals surface area contributed by atoms with Gasteiger partial charge in [0.25, 0.3) is 0 Å². The standard InChI is InChI=1S/C11H14N4O4S2/c1-20(16,17)8-21(18,19)14-11-6-7-13-15(11)10-4-2-9(12)3-5-10/h2-7,14H,8,12H2,1H3. The van der Waals surface area contributed by atoms with Gasteiger partial charge in [-0.1, -0.05) is 0 Å². The number of aromatic nitrogens is 2. The second-order valence-corrected chi connectivity index (χ2v) is 8.71. The number of nitrogen functional groups attached to an aromatic ring is 1. The van der Waals surface area contributed by atoms with Crippen LogP contribution in [0.4, 0.5) is 11.5 Å². The summed E-state index contributed by atoms with van der Waals surface area (Å²) in [7, 11) is -7.69. The van der Waals surface area contributed by atoms with Crippen LogP contribution in [0.1, 0.15) is 0 Å². The molecule has 0 saturated heterocycles. The summed E-state index contributed by atoms with van der Waals surface area (Å²) < 4.78 is 49.4. The highest BCUT2D eigenvalue weighted by Crippen LogP contribution is 2.17. The van der Waals surface area contributed by atoms with Crippen molar-refractivity contribution in [2.45, 2.75) is 0 Å². The van der Waals surface area contributed by atoms with E-state index in [-0.39, 0.29) is 5.82 Å². The zero-order valence-corrected chi connectivity index (χ0v) is 12.7. The Morgan fingerprint density at radius 3 is 2.33 bits per heavy atom. The molecular formula is C11H14N4O4S2. The number of sulfonamides is 1. The molecule has 0 saturated carbocycles. The monoisotopic (exact) mass is 330 g/mol. The molecule has 0 bridgehead atoms. The minimum absolute atomic E-state index is 0.142. The molecule has 2 rings (SSSR count). The lowest BCUT2D eigenvalue weighted by Gasteiger charge is -2.10. The third-order valence-electron chi connectivity index (χ3n) is 2.41. The van der Waals surface area contributed by atoms with E-state index in [1.165, 1.54) is 16.9 Å². The van der Waals surface area contributed by atoms with E-state index in [0.717, 1.165) is 6.26 Å². The Labute approximate surface area is 122 Å². The van der Waals surface area contributed by atoms with Crippen LogP contribution < -0.4 is 10.5 Å². The van der Waals surface area contributed by atoms with E-state index in [4.69, 9.17) is 5.73 Å². The molecule has 1 aromatic heterocycles. The first kappa shape index (κ1) is 15.3. The Balaban J connectivity index is 2.31. The maximum absolute atomic E-state index is 11.8. The first-order valence-corrected chi connectivity index (χ1v) is 9.46. The first-order valence-electron chi connectivity index (χ1n) is 5.74. The van der Waals surface area contributed by atoms with Crippen molar-refractivity contribution in [1.29, 1.82) is 0 Å². The van der Waals surface area contributed by atoms with Gasteiger partial charge in [0.1, 0.15) is 5.82 Å². The number of hydrogen-bond donors (Lipinski definition) is 2. The Kier molecular flexibility index (Phi) is 3.92. The number of nitrogens with one attached hydrogen (secondary N) is 1. The molecule has 0 aliphatic carbocycles. The zero-order valence-electron chi connectivity index (χ0n) is 11.1. The van der Waals surface area contributed by atoms with Crippen molar-refractivity contribution in [3.05, 3.63) is 36.5 Å². The van der Waals surface area contributed by atoms with Crippen LogP contribution in [0.3, 0.4) is 0 Å². The summed E-state index contributed by atoms with van der Waals surface area (Å²) in [6.07, 6.45) is 2.25. The number of benzene rings is 1. The Morgan fingerprint density at radius 1 is 1.14 bits per heavy atom. The summed E-state index contributed by atoms with van der Waals surface area (Å²) >= 11 is 0.